The van der Waals surface area contributed by atoms with Crippen LogP contribution in [-0.2, 0) is 36.6 Å². The van der Waals surface area contributed by atoms with E-state index in [1.54, 1.807) is 16.9 Å². The molecule has 2 atom stereocenters. The quantitative estimate of drug-likeness (QED) is 0.153. The number of carbonyl (C=O) groups is 3. The van der Waals surface area contributed by atoms with Gasteiger partial charge in [0.05, 0.1) is 43.9 Å². The molecule has 56 heavy (non-hydrogen) atoms. The molecule has 5 rings (SSSR count). The molecule has 2 bridgehead atoms. The molecule has 3 aliphatic rings. The van der Waals surface area contributed by atoms with Crippen LogP contribution in [-0.4, -0.2) is 109 Å². The van der Waals surface area contributed by atoms with Crippen LogP contribution < -0.4 is 4.74 Å². The molecule has 14 heteroatoms. The normalized spacial score (nSPS) is 19.2. The first-order valence-corrected chi connectivity index (χ1v) is 23.5. The second-order valence-corrected chi connectivity index (χ2v) is 24.7. The Morgan fingerprint density at radius 3 is 2.21 bits per heavy atom. The van der Waals surface area contributed by atoms with E-state index < -0.39 is 43.8 Å². The molecule has 3 heterocycles. The Morgan fingerprint density at radius 1 is 0.946 bits per heavy atom. The van der Waals surface area contributed by atoms with Crippen molar-refractivity contribution in [2.75, 3.05) is 33.4 Å². The summed E-state index contributed by atoms with van der Waals surface area (Å²) in [5.74, 6) is 0.593. The molecule has 0 spiro atoms. The zero-order chi connectivity index (χ0) is 41.4. The molecule has 1 aromatic carbocycles. The van der Waals surface area contributed by atoms with Crippen molar-refractivity contribution in [2.45, 2.75) is 149 Å². The van der Waals surface area contributed by atoms with Gasteiger partial charge >= 0.3 is 12.2 Å². The van der Waals surface area contributed by atoms with Crippen molar-refractivity contribution in [1.29, 1.82) is 0 Å². The van der Waals surface area contributed by atoms with Crippen molar-refractivity contribution in [3.8, 4) is 5.75 Å². The number of amides is 3. The topological polar surface area (TPSA) is 120 Å². The van der Waals surface area contributed by atoms with Crippen LogP contribution in [0.5, 0.6) is 5.75 Å². The highest BCUT2D eigenvalue weighted by atomic mass is 32.1. The van der Waals surface area contributed by atoms with Crippen molar-refractivity contribution in [1.82, 2.24) is 19.7 Å². The summed E-state index contributed by atoms with van der Waals surface area (Å²) >= 11 is 1.50. The molecule has 2 aromatic rings. The van der Waals surface area contributed by atoms with Crippen molar-refractivity contribution in [2.24, 2.45) is 0 Å². The van der Waals surface area contributed by atoms with Gasteiger partial charge in [-0.2, -0.15) is 0 Å². The smallest absolute Gasteiger partial charge is 0.411 e. The second kappa shape index (κ2) is 16.8. The summed E-state index contributed by atoms with van der Waals surface area (Å²) < 4.78 is 29.8. The first kappa shape index (κ1) is 43.7. The molecule has 1 aromatic heterocycles. The third kappa shape index (κ3) is 10.5. The number of nitrogens with zero attached hydrogens (tertiary/aromatic N) is 4. The van der Waals surface area contributed by atoms with Crippen LogP contribution >= 0.6 is 11.3 Å². The van der Waals surface area contributed by atoms with E-state index in [-0.39, 0.29) is 30.1 Å². The molecule has 3 amide bonds. The fourth-order valence-corrected chi connectivity index (χ4v) is 8.82. The number of aromatic nitrogens is 1. The summed E-state index contributed by atoms with van der Waals surface area (Å²) in [6, 6.07) is 4.68. The molecule has 0 N–H and O–H groups in total. The van der Waals surface area contributed by atoms with E-state index in [1.165, 1.54) is 11.3 Å². The number of fused-ring (bicyclic) bond motifs is 2. The van der Waals surface area contributed by atoms with E-state index >= 15 is 4.79 Å². The van der Waals surface area contributed by atoms with Gasteiger partial charge < -0.3 is 33.2 Å². The van der Waals surface area contributed by atoms with Gasteiger partial charge in [-0.05, 0) is 109 Å². The summed E-state index contributed by atoms with van der Waals surface area (Å²) in [6.07, 6.45) is 2.91. The lowest BCUT2D eigenvalue weighted by atomic mass is 9.83. The van der Waals surface area contributed by atoms with E-state index in [0.717, 1.165) is 45.2 Å². The van der Waals surface area contributed by atoms with Crippen LogP contribution in [0.1, 0.15) is 103 Å². The van der Waals surface area contributed by atoms with Gasteiger partial charge in [-0.1, -0.05) is 32.9 Å². The van der Waals surface area contributed by atoms with E-state index in [9.17, 15) is 9.59 Å². The van der Waals surface area contributed by atoms with Crippen LogP contribution in [0.25, 0.3) is 5.57 Å². The van der Waals surface area contributed by atoms with Gasteiger partial charge in [0.2, 0.25) is 0 Å². The lowest BCUT2D eigenvalue weighted by molar-refractivity contribution is -0.129. The molecule has 12 nitrogen and oxygen atoms in total. The standard InChI is InChI=1S/C42H64N4O8SSi/c1-27-28(15-14-16-33(27)50-11)23-45(29-17-18-29)37(47)36-31(34-22-43-35(55-34)26-51-19-20-52-56(12,13)42(8,9)10)21-30-24-44(38(48)53-40(2,3)4)25-32(36)46(30)39(49)54-41(5,6)7/h14-16,22,29-30,32H,17-21,23-26H2,1-13H3/t30?,32-/m1/s1. The van der Waals surface area contributed by atoms with Crippen LogP contribution in [0.2, 0.25) is 18.1 Å². The Bertz CT molecular complexity index is 1790. The number of ether oxygens (including phenoxy) is 4. The highest BCUT2D eigenvalue weighted by molar-refractivity contribution is 7.12. The lowest BCUT2D eigenvalue weighted by Gasteiger charge is -2.51. The highest BCUT2D eigenvalue weighted by Crippen LogP contribution is 2.43. The van der Waals surface area contributed by atoms with Gasteiger partial charge in [0.15, 0.2) is 8.32 Å². The minimum atomic E-state index is -1.89. The highest BCUT2D eigenvalue weighted by Gasteiger charge is 2.51. The first-order chi connectivity index (χ1) is 26.0. The summed E-state index contributed by atoms with van der Waals surface area (Å²) in [4.78, 5) is 54.0. The Morgan fingerprint density at radius 2 is 1.61 bits per heavy atom. The zero-order valence-electron chi connectivity index (χ0n) is 35.9. The van der Waals surface area contributed by atoms with Crippen LogP contribution in [0.4, 0.5) is 9.59 Å². The molecule has 1 aliphatic carbocycles. The molecule has 1 saturated carbocycles. The fourth-order valence-electron chi connectivity index (χ4n) is 6.87. The van der Waals surface area contributed by atoms with Gasteiger partial charge in [0.1, 0.15) is 22.0 Å². The minimum Gasteiger partial charge on any atom is -0.496 e. The molecule has 0 radical (unpaired) electrons. The van der Waals surface area contributed by atoms with Gasteiger partial charge in [-0.3, -0.25) is 9.69 Å². The number of piperazine rings is 1. The van der Waals surface area contributed by atoms with Crippen molar-refractivity contribution < 1.29 is 37.8 Å². The third-order valence-corrected chi connectivity index (χ3v) is 16.5. The predicted octanol–water partition coefficient (Wildman–Crippen LogP) is 8.57. The maximum absolute atomic E-state index is 15.4. The summed E-state index contributed by atoms with van der Waals surface area (Å²) in [5.41, 5.74) is 1.79. The predicted molar refractivity (Wildman–Crippen MR) is 221 cm³/mol. The molecule has 2 aliphatic heterocycles. The SMILES string of the molecule is COc1cccc(CN(C(=O)C2=C(c3cnc(COCCO[Si](C)(C)C(C)(C)C)s3)CC3CN(C(=O)OC(C)(C)C)C[C@H]2N3C(=O)OC(C)(C)C)C2CC2)c1C. The van der Waals surface area contributed by atoms with E-state index in [2.05, 4.69) is 33.9 Å². The van der Waals surface area contributed by atoms with Crippen LogP contribution in [0.15, 0.2) is 30.0 Å². The Balaban J connectivity index is 1.53. The zero-order valence-corrected chi connectivity index (χ0v) is 37.7. The van der Waals surface area contributed by atoms with Crippen molar-refractivity contribution in [3.05, 3.63) is 51.0 Å². The maximum Gasteiger partial charge on any atom is 0.411 e. The number of hydrogen-bond acceptors (Lipinski definition) is 10. The number of carbonyl (C=O) groups excluding carboxylic acids is 3. The number of thiazole rings is 1. The minimum absolute atomic E-state index is 0.0408. The van der Waals surface area contributed by atoms with Gasteiger partial charge in [-0.25, -0.2) is 14.6 Å². The Hall–Kier alpha value is -3.46. The lowest BCUT2D eigenvalue weighted by Crippen LogP contribution is -2.66. The maximum atomic E-state index is 15.4. The van der Waals surface area contributed by atoms with Gasteiger partial charge in [0.25, 0.3) is 5.91 Å². The van der Waals surface area contributed by atoms with Crippen molar-refractivity contribution >= 4 is 43.3 Å². The number of methoxy groups -OCH3 is 1. The Kier molecular flexibility index (Phi) is 13.1. The van der Waals surface area contributed by atoms with Crippen LogP contribution in [0, 0.1) is 6.92 Å². The number of hydrogen-bond donors (Lipinski definition) is 0. The van der Waals surface area contributed by atoms with E-state index in [0.29, 0.717) is 38.4 Å². The molecular formula is C42H64N4O8SSi. The molecular weight excluding hydrogens is 749 g/mol. The van der Waals surface area contributed by atoms with E-state index in [4.69, 9.17) is 28.4 Å². The van der Waals surface area contributed by atoms with Gasteiger partial charge in [0, 0.05) is 37.4 Å². The average molecular weight is 813 g/mol. The van der Waals surface area contributed by atoms with Gasteiger partial charge in [-0.15, -0.1) is 11.3 Å². The molecule has 1 unspecified atom stereocenters. The summed E-state index contributed by atoms with van der Waals surface area (Å²) in [5, 5.41) is 0.899. The monoisotopic (exact) mass is 812 g/mol. The first-order valence-electron chi connectivity index (χ1n) is 19.8. The van der Waals surface area contributed by atoms with E-state index in [1.807, 2.05) is 77.8 Å². The Labute approximate surface area is 339 Å². The molecule has 1 saturated heterocycles. The third-order valence-electron chi connectivity index (χ3n) is 10.9. The van der Waals surface area contributed by atoms with Crippen LogP contribution in [0.3, 0.4) is 0 Å². The second-order valence-electron chi connectivity index (χ2n) is 18.7. The number of rotatable bonds is 12. The largest absolute Gasteiger partial charge is 0.496 e. The average Bonchev–Trinajstić information content (AvgIpc) is 3.81. The number of benzene rings is 1. The molecule has 2 fully saturated rings. The van der Waals surface area contributed by atoms with Crippen molar-refractivity contribution in [3.63, 3.8) is 0 Å². The summed E-state index contributed by atoms with van der Waals surface area (Å²) in [7, 11) is -0.244. The fraction of sp³-hybridized carbons (Fsp3) is 0.667. The molecule has 310 valence electrons. The summed E-state index contributed by atoms with van der Waals surface area (Å²) in [6.45, 7) is 26.1.